The molecule has 0 spiro atoms. The Bertz CT molecular complexity index is 641. The first-order valence-corrected chi connectivity index (χ1v) is 7.92. The SMILES string of the molecule is CC(C)n1cc(Br)cc1C(=O)Nc1ccc(OCCN)cc1.Cl. The van der Waals surface area contributed by atoms with E-state index in [2.05, 4.69) is 21.2 Å². The highest BCUT2D eigenvalue weighted by molar-refractivity contribution is 9.10. The van der Waals surface area contributed by atoms with E-state index >= 15 is 0 Å². The normalized spacial score (nSPS) is 10.3. The van der Waals surface area contributed by atoms with Gasteiger partial charge in [-0.25, -0.2) is 0 Å². The Labute approximate surface area is 150 Å². The van der Waals surface area contributed by atoms with Crippen LogP contribution in [0.3, 0.4) is 0 Å². The molecule has 7 heteroatoms. The maximum absolute atomic E-state index is 12.4. The third kappa shape index (κ3) is 5.27. The van der Waals surface area contributed by atoms with Gasteiger partial charge in [-0.3, -0.25) is 4.79 Å². The van der Waals surface area contributed by atoms with E-state index in [1.807, 2.05) is 42.8 Å². The standard InChI is InChI=1S/C16H20BrN3O2.ClH/c1-11(2)20-10-12(17)9-15(20)16(21)19-13-3-5-14(6-4-13)22-8-7-18;/h3-6,9-11H,7-8,18H2,1-2H3,(H,19,21);1H. The second kappa shape index (κ2) is 8.96. The Morgan fingerprint density at radius 1 is 1.35 bits per heavy atom. The molecule has 0 aliphatic carbocycles. The molecule has 0 aliphatic heterocycles. The number of amides is 1. The molecular formula is C16H21BrClN3O2. The minimum Gasteiger partial charge on any atom is -0.492 e. The monoisotopic (exact) mass is 401 g/mol. The van der Waals surface area contributed by atoms with E-state index < -0.39 is 0 Å². The van der Waals surface area contributed by atoms with Crippen molar-refractivity contribution >= 4 is 39.9 Å². The van der Waals surface area contributed by atoms with E-state index in [-0.39, 0.29) is 24.4 Å². The number of ether oxygens (including phenoxy) is 1. The van der Waals surface area contributed by atoms with Crippen LogP contribution in [0.2, 0.25) is 0 Å². The average molecular weight is 403 g/mol. The predicted octanol–water partition coefficient (Wildman–Crippen LogP) is 3.84. The minimum atomic E-state index is -0.143. The van der Waals surface area contributed by atoms with E-state index in [9.17, 15) is 4.79 Å². The first-order valence-electron chi connectivity index (χ1n) is 7.13. The number of rotatable bonds is 6. The Hall–Kier alpha value is -1.50. The second-order valence-corrected chi connectivity index (χ2v) is 6.08. The van der Waals surface area contributed by atoms with E-state index in [4.69, 9.17) is 10.5 Å². The van der Waals surface area contributed by atoms with Crippen molar-refractivity contribution in [3.05, 3.63) is 46.7 Å². The zero-order valence-corrected chi connectivity index (χ0v) is 15.5. The zero-order chi connectivity index (χ0) is 16.1. The Morgan fingerprint density at radius 3 is 2.57 bits per heavy atom. The van der Waals surface area contributed by atoms with Crippen molar-refractivity contribution in [2.75, 3.05) is 18.5 Å². The number of nitrogens with two attached hydrogens (primary N) is 1. The van der Waals surface area contributed by atoms with Crippen LogP contribution >= 0.6 is 28.3 Å². The summed E-state index contributed by atoms with van der Waals surface area (Å²) >= 11 is 3.41. The van der Waals surface area contributed by atoms with Gasteiger partial charge in [0.2, 0.25) is 0 Å². The van der Waals surface area contributed by atoms with Crippen LogP contribution in [0.25, 0.3) is 0 Å². The van der Waals surface area contributed by atoms with Crippen LogP contribution in [0.4, 0.5) is 5.69 Å². The van der Waals surface area contributed by atoms with E-state index in [1.165, 1.54) is 0 Å². The molecule has 0 aliphatic rings. The summed E-state index contributed by atoms with van der Waals surface area (Å²) in [5.41, 5.74) is 6.73. The summed E-state index contributed by atoms with van der Waals surface area (Å²) < 4.78 is 8.22. The largest absolute Gasteiger partial charge is 0.492 e. The van der Waals surface area contributed by atoms with Crippen LogP contribution in [0.1, 0.15) is 30.4 Å². The molecule has 126 valence electrons. The molecule has 0 atom stereocenters. The Balaban J connectivity index is 0.00000264. The lowest BCUT2D eigenvalue weighted by Crippen LogP contribution is -2.17. The molecule has 0 unspecified atom stereocenters. The maximum atomic E-state index is 12.4. The van der Waals surface area contributed by atoms with Crippen LogP contribution in [0.15, 0.2) is 41.0 Å². The van der Waals surface area contributed by atoms with Crippen LogP contribution in [-0.2, 0) is 0 Å². The number of aromatic nitrogens is 1. The van der Waals surface area contributed by atoms with Crippen molar-refractivity contribution in [1.82, 2.24) is 4.57 Å². The molecule has 3 N–H and O–H groups in total. The number of benzene rings is 1. The Morgan fingerprint density at radius 2 is 2.00 bits per heavy atom. The fourth-order valence-corrected chi connectivity index (χ4v) is 2.50. The van der Waals surface area contributed by atoms with Gasteiger partial charge in [-0.2, -0.15) is 0 Å². The van der Waals surface area contributed by atoms with Gasteiger partial charge in [0.25, 0.3) is 5.91 Å². The number of anilines is 1. The lowest BCUT2D eigenvalue weighted by molar-refractivity contribution is 0.101. The van der Waals surface area contributed by atoms with Gasteiger partial charge in [-0.1, -0.05) is 0 Å². The first kappa shape index (κ1) is 19.5. The molecule has 5 nitrogen and oxygen atoms in total. The number of halogens is 2. The number of nitrogens with one attached hydrogen (secondary N) is 1. The van der Waals surface area contributed by atoms with E-state index in [1.54, 1.807) is 12.1 Å². The number of hydrogen-bond acceptors (Lipinski definition) is 3. The number of carbonyl (C=O) groups excluding carboxylic acids is 1. The fraction of sp³-hybridized carbons (Fsp3) is 0.312. The predicted molar refractivity (Wildman–Crippen MR) is 98.7 cm³/mol. The van der Waals surface area contributed by atoms with Crippen molar-refractivity contribution in [3.8, 4) is 5.75 Å². The van der Waals surface area contributed by atoms with Gasteiger partial charge in [-0.05, 0) is 60.1 Å². The third-order valence-corrected chi connectivity index (χ3v) is 3.54. The van der Waals surface area contributed by atoms with Gasteiger partial charge >= 0.3 is 0 Å². The second-order valence-electron chi connectivity index (χ2n) is 5.16. The summed E-state index contributed by atoms with van der Waals surface area (Å²) in [5, 5.41) is 2.89. The quantitative estimate of drug-likeness (QED) is 0.771. The summed E-state index contributed by atoms with van der Waals surface area (Å²) in [7, 11) is 0. The molecule has 0 bridgehead atoms. The smallest absolute Gasteiger partial charge is 0.272 e. The van der Waals surface area contributed by atoms with Crippen molar-refractivity contribution in [3.63, 3.8) is 0 Å². The number of hydrogen-bond donors (Lipinski definition) is 2. The first-order chi connectivity index (χ1) is 10.5. The molecule has 0 radical (unpaired) electrons. The van der Waals surface area contributed by atoms with Crippen LogP contribution in [0.5, 0.6) is 5.75 Å². The summed E-state index contributed by atoms with van der Waals surface area (Å²) in [6.45, 7) is 5.01. The number of nitrogens with zero attached hydrogens (tertiary/aromatic N) is 1. The topological polar surface area (TPSA) is 69.3 Å². The summed E-state index contributed by atoms with van der Waals surface area (Å²) in [4.78, 5) is 12.4. The Kier molecular flexibility index (Phi) is 7.61. The van der Waals surface area contributed by atoms with E-state index in [0.29, 0.717) is 18.8 Å². The highest BCUT2D eigenvalue weighted by Crippen LogP contribution is 2.21. The van der Waals surface area contributed by atoms with Crippen molar-refractivity contribution in [2.24, 2.45) is 5.73 Å². The molecule has 0 fully saturated rings. The maximum Gasteiger partial charge on any atom is 0.272 e. The summed E-state index contributed by atoms with van der Waals surface area (Å²) in [5.74, 6) is 0.590. The lowest BCUT2D eigenvalue weighted by atomic mass is 10.3. The molecule has 1 aromatic heterocycles. The highest BCUT2D eigenvalue weighted by Gasteiger charge is 2.15. The minimum absolute atomic E-state index is 0. The van der Waals surface area contributed by atoms with Gasteiger partial charge in [0.05, 0.1) is 0 Å². The molecule has 0 saturated carbocycles. The molecule has 1 heterocycles. The molecule has 2 rings (SSSR count). The van der Waals surface area contributed by atoms with Crippen LogP contribution < -0.4 is 15.8 Å². The molecule has 2 aromatic rings. The third-order valence-electron chi connectivity index (χ3n) is 3.10. The summed E-state index contributed by atoms with van der Waals surface area (Å²) in [6, 6.07) is 9.25. The van der Waals surface area contributed by atoms with Crippen LogP contribution in [0, 0.1) is 0 Å². The zero-order valence-electron chi connectivity index (χ0n) is 13.1. The van der Waals surface area contributed by atoms with Gasteiger partial charge in [0.15, 0.2) is 0 Å². The average Bonchev–Trinajstić information content (AvgIpc) is 2.89. The van der Waals surface area contributed by atoms with Crippen molar-refractivity contribution in [2.45, 2.75) is 19.9 Å². The summed E-state index contributed by atoms with van der Waals surface area (Å²) in [6.07, 6.45) is 1.91. The molecule has 0 saturated heterocycles. The van der Waals surface area contributed by atoms with Gasteiger partial charge < -0.3 is 20.4 Å². The van der Waals surface area contributed by atoms with Crippen molar-refractivity contribution in [1.29, 1.82) is 0 Å². The molecular weight excluding hydrogens is 382 g/mol. The van der Waals surface area contributed by atoms with E-state index in [0.717, 1.165) is 15.9 Å². The van der Waals surface area contributed by atoms with Gasteiger partial charge in [-0.15, -0.1) is 12.4 Å². The molecule has 1 aromatic carbocycles. The van der Waals surface area contributed by atoms with Gasteiger partial charge in [0.1, 0.15) is 18.1 Å². The fourth-order valence-electron chi connectivity index (χ4n) is 2.06. The van der Waals surface area contributed by atoms with Gasteiger partial charge in [0, 0.05) is 28.9 Å². The number of carbonyl (C=O) groups is 1. The highest BCUT2D eigenvalue weighted by atomic mass is 79.9. The molecule has 23 heavy (non-hydrogen) atoms. The lowest BCUT2D eigenvalue weighted by Gasteiger charge is -2.13. The van der Waals surface area contributed by atoms with Crippen LogP contribution in [-0.4, -0.2) is 23.6 Å². The van der Waals surface area contributed by atoms with Crippen molar-refractivity contribution < 1.29 is 9.53 Å². The molecule has 1 amide bonds.